The Morgan fingerprint density at radius 2 is 1.88 bits per heavy atom. The SMILES string of the molecule is N#Cc1ccc(S(=O)(=O)N2CCC(C(=O)Nc3ccc(-n4cncn4)c(F)c3)CC2)cc1. The Bertz CT molecular complexity index is 1260. The maximum Gasteiger partial charge on any atom is 0.243 e. The van der Waals surface area contributed by atoms with Gasteiger partial charge in [0, 0.05) is 24.7 Å². The second-order valence-corrected chi connectivity index (χ2v) is 9.25. The zero-order chi connectivity index (χ0) is 22.7. The fourth-order valence-electron chi connectivity index (χ4n) is 3.56. The van der Waals surface area contributed by atoms with E-state index in [4.69, 9.17) is 5.26 Å². The molecule has 1 aromatic heterocycles. The third-order valence-electron chi connectivity index (χ3n) is 5.33. The van der Waals surface area contributed by atoms with E-state index in [0.717, 1.165) is 0 Å². The largest absolute Gasteiger partial charge is 0.326 e. The van der Waals surface area contributed by atoms with Crippen molar-refractivity contribution in [2.45, 2.75) is 17.7 Å². The number of nitriles is 1. The highest BCUT2D eigenvalue weighted by Crippen LogP contribution is 2.26. The van der Waals surface area contributed by atoms with Crippen molar-refractivity contribution in [2.75, 3.05) is 18.4 Å². The van der Waals surface area contributed by atoms with Crippen LogP contribution >= 0.6 is 0 Å². The van der Waals surface area contributed by atoms with Gasteiger partial charge in [-0.2, -0.15) is 14.7 Å². The molecule has 0 aliphatic carbocycles. The number of sulfonamides is 1. The van der Waals surface area contributed by atoms with Gasteiger partial charge in [-0.15, -0.1) is 0 Å². The number of carbonyl (C=O) groups excluding carboxylic acids is 1. The van der Waals surface area contributed by atoms with Gasteiger partial charge in [-0.3, -0.25) is 4.79 Å². The summed E-state index contributed by atoms with van der Waals surface area (Å²) in [6, 6.07) is 12.0. The number of carbonyl (C=O) groups is 1. The van der Waals surface area contributed by atoms with E-state index >= 15 is 0 Å². The molecule has 0 unspecified atom stereocenters. The minimum Gasteiger partial charge on any atom is -0.326 e. The van der Waals surface area contributed by atoms with E-state index in [2.05, 4.69) is 15.4 Å². The van der Waals surface area contributed by atoms with Crippen molar-refractivity contribution >= 4 is 21.6 Å². The molecule has 2 aromatic carbocycles. The Morgan fingerprint density at radius 1 is 1.16 bits per heavy atom. The lowest BCUT2D eigenvalue weighted by Gasteiger charge is -2.30. The molecule has 1 aliphatic heterocycles. The molecule has 1 saturated heterocycles. The lowest BCUT2D eigenvalue weighted by Crippen LogP contribution is -2.41. The second kappa shape index (κ2) is 8.86. The molecule has 3 aromatic rings. The van der Waals surface area contributed by atoms with E-state index in [1.165, 1.54) is 58.0 Å². The van der Waals surface area contributed by atoms with Gasteiger partial charge in [0.05, 0.1) is 16.5 Å². The number of nitrogens with one attached hydrogen (secondary N) is 1. The summed E-state index contributed by atoms with van der Waals surface area (Å²) in [5.74, 6) is -1.23. The van der Waals surface area contributed by atoms with Gasteiger partial charge in [0.25, 0.3) is 0 Å². The monoisotopic (exact) mass is 454 g/mol. The highest BCUT2D eigenvalue weighted by atomic mass is 32.2. The summed E-state index contributed by atoms with van der Waals surface area (Å²) in [5.41, 5.74) is 0.899. The molecule has 0 atom stereocenters. The number of amides is 1. The van der Waals surface area contributed by atoms with E-state index < -0.39 is 15.8 Å². The summed E-state index contributed by atoms with van der Waals surface area (Å²) in [6.07, 6.45) is 3.36. The third kappa shape index (κ3) is 4.37. The van der Waals surface area contributed by atoms with Crippen molar-refractivity contribution in [1.29, 1.82) is 5.26 Å². The Hall–Kier alpha value is -3.62. The summed E-state index contributed by atoms with van der Waals surface area (Å²) in [5, 5.41) is 15.4. The molecule has 1 N–H and O–H groups in total. The van der Waals surface area contributed by atoms with Gasteiger partial charge in [-0.1, -0.05) is 0 Å². The standard InChI is InChI=1S/C21H19FN6O3S/c22-19-11-17(3-6-20(19)28-14-24-13-25-28)26-21(29)16-7-9-27(10-8-16)32(30,31)18-4-1-15(12-23)2-5-18/h1-6,11,13-14,16H,7-10H2,(H,26,29). The molecule has 1 aliphatic rings. The van der Waals surface area contributed by atoms with Gasteiger partial charge in [0.15, 0.2) is 5.82 Å². The van der Waals surface area contributed by atoms with E-state index in [1.54, 1.807) is 6.07 Å². The number of benzene rings is 2. The van der Waals surface area contributed by atoms with E-state index in [1.807, 2.05) is 6.07 Å². The van der Waals surface area contributed by atoms with Gasteiger partial charge in [0.1, 0.15) is 18.3 Å². The summed E-state index contributed by atoms with van der Waals surface area (Å²) < 4.78 is 42.6. The summed E-state index contributed by atoms with van der Waals surface area (Å²) in [7, 11) is -3.70. The van der Waals surface area contributed by atoms with Gasteiger partial charge in [0.2, 0.25) is 15.9 Å². The van der Waals surface area contributed by atoms with Crippen LogP contribution in [0.3, 0.4) is 0 Å². The Kier molecular flexibility index (Phi) is 5.98. The molecule has 0 spiro atoms. The summed E-state index contributed by atoms with van der Waals surface area (Å²) in [4.78, 5) is 16.5. The van der Waals surface area contributed by atoms with Crippen LogP contribution in [-0.2, 0) is 14.8 Å². The fraction of sp³-hybridized carbons (Fsp3) is 0.238. The molecule has 1 amide bonds. The first kappa shape index (κ1) is 21.6. The first-order chi connectivity index (χ1) is 15.4. The first-order valence-electron chi connectivity index (χ1n) is 9.84. The molecule has 11 heteroatoms. The van der Waals surface area contributed by atoms with Crippen LogP contribution < -0.4 is 5.32 Å². The predicted octanol–water partition coefficient (Wildman–Crippen LogP) is 2.32. The van der Waals surface area contributed by atoms with Crippen LogP contribution in [-0.4, -0.2) is 46.5 Å². The van der Waals surface area contributed by atoms with Crippen LogP contribution in [0, 0.1) is 23.1 Å². The molecule has 4 rings (SSSR count). The van der Waals surface area contributed by atoms with E-state index in [0.29, 0.717) is 24.1 Å². The Labute approximate surface area is 184 Å². The zero-order valence-electron chi connectivity index (χ0n) is 16.8. The molecule has 9 nitrogen and oxygen atoms in total. The van der Waals surface area contributed by atoms with Crippen molar-refractivity contribution in [2.24, 2.45) is 5.92 Å². The molecule has 2 heterocycles. The van der Waals surface area contributed by atoms with Crippen LogP contribution in [0.25, 0.3) is 5.69 Å². The van der Waals surface area contributed by atoms with Gasteiger partial charge in [-0.25, -0.2) is 22.5 Å². The number of anilines is 1. The van der Waals surface area contributed by atoms with Gasteiger partial charge < -0.3 is 5.32 Å². The molecule has 0 bridgehead atoms. The number of halogens is 1. The number of rotatable bonds is 5. The van der Waals surface area contributed by atoms with Crippen LogP contribution in [0.1, 0.15) is 18.4 Å². The topological polar surface area (TPSA) is 121 Å². The van der Waals surface area contributed by atoms with E-state index in [9.17, 15) is 17.6 Å². The van der Waals surface area contributed by atoms with Crippen molar-refractivity contribution in [3.63, 3.8) is 0 Å². The smallest absolute Gasteiger partial charge is 0.243 e. The zero-order valence-corrected chi connectivity index (χ0v) is 17.7. The molecular weight excluding hydrogens is 435 g/mol. The van der Waals surface area contributed by atoms with Crippen LogP contribution in [0.2, 0.25) is 0 Å². The van der Waals surface area contributed by atoms with Crippen molar-refractivity contribution in [3.8, 4) is 11.8 Å². The fourth-order valence-corrected chi connectivity index (χ4v) is 5.03. The highest BCUT2D eigenvalue weighted by molar-refractivity contribution is 7.89. The minimum atomic E-state index is -3.70. The maximum atomic E-state index is 14.4. The molecule has 1 fully saturated rings. The summed E-state index contributed by atoms with van der Waals surface area (Å²) >= 11 is 0. The Balaban J connectivity index is 1.37. The predicted molar refractivity (Wildman–Crippen MR) is 113 cm³/mol. The highest BCUT2D eigenvalue weighted by Gasteiger charge is 2.32. The van der Waals surface area contributed by atoms with Gasteiger partial charge >= 0.3 is 0 Å². The lowest BCUT2D eigenvalue weighted by molar-refractivity contribution is -0.120. The summed E-state index contributed by atoms with van der Waals surface area (Å²) in [6.45, 7) is 0.389. The molecule has 32 heavy (non-hydrogen) atoms. The number of nitrogens with zero attached hydrogens (tertiary/aromatic N) is 5. The molecule has 0 radical (unpaired) electrons. The van der Waals surface area contributed by atoms with Crippen molar-refractivity contribution in [3.05, 3.63) is 66.5 Å². The number of hydrogen-bond donors (Lipinski definition) is 1. The van der Waals surface area contributed by atoms with Gasteiger partial charge in [-0.05, 0) is 55.3 Å². The first-order valence-corrected chi connectivity index (χ1v) is 11.3. The quantitative estimate of drug-likeness (QED) is 0.632. The van der Waals surface area contributed by atoms with Crippen LogP contribution in [0.5, 0.6) is 0 Å². The minimum absolute atomic E-state index is 0.113. The van der Waals surface area contributed by atoms with Crippen LogP contribution in [0.15, 0.2) is 60.0 Å². The third-order valence-corrected chi connectivity index (χ3v) is 7.24. The second-order valence-electron chi connectivity index (χ2n) is 7.31. The maximum absolute atomic E-state index is 14.4. The van der Waals surface area contributed by atoms with Crippen LogP contribution in [0.4, 0.5) is 10.1 Å². The normalized spacial score (nSPS) is 15.2. The lowest BCUT2D eigenvalue weighted by atomic mass is 9.97. The molecular formula is C21H19FN6O3S. The Morgan fingerprint density at radius 3 is 2.47 bits per heavy atom. The number of hydrogen-bond acceptors (Lipinski definition) is 6. The number of aromatic nitrogens is 3. The van der Waals surface area contributed by atoms with Crippen molar-refractivity contribution in [1.82, 2.24) is 19.1 Å². The van der Waals surface area contributed by atoms with E-state index in [-0.39, 0.29) is 35.5 Å². The average molecular weight is 454 g/mol. The molecule has 0 saturated carbocycles. The molecule has 164 valence electrons. The number of piperidine rings is 1. The van der Waals surface area contributed by atoms with Crippen molar-refractivity contribution < 1.29 is 17.6 Å². The average Bonchev–Trinajstić information content (AvgIpc) is 3.34.